The number of fused-ring (bicyclic) bond motifs is 3. The number of hydrogen-bond acceptors (Lipinski definition) is 5. The van der Waals surface area contributed by atoms with Crippen LogP contribution in [0.2, 0.25) is 5.02 Å². The van der Waals surface area contributed by atoms with E-state index in [1.165, 1.54) is 0 Å². The Morgan fingerprint density at radius 2 is 1.97 bits per heavy atom. The largest absolute Gasteiger partial charge is 0.378 e. The Morgan fingerprint density at radius 3 is 2.75 bits per heavy atom. The van der Waals surface area contributed by atoms with Gasteiger partial charge in [-0.25, -0.2) is 4.52 Å². The third-order valence-electron chi connectivity index (χ3n) is 5.63. The zero-order valence-electron chi connectivity index (χ0n) is 17.5. The fourth-order valence-electron chi connectivity index (χ4n) is 4.17. The number of Topliss-reactive ketones (excluding diaryl/α,β-unsaturated/α-hetero) is 1. The second-order valence-electron chi connectivity index (χ2n) is 7.86. The lowest BCUT2D eigenvalue weighted by molar-refractivity contribution is 0.0950. The zero-order valence-corrected chi connectivity index (χ0v) is 18.3. The molecule has 4 aromatic rings. The summed E-state index contributed by atoms with van der Waals surface area (Å²) in [5.41, 5.74) is 5.31. The monoisotopic (exact) mass is 444 g/mol. The summed E-state index contributed by atoms with van der Waals surface area (Å²) >= 11 is 6.23. The van der Waals surface area contributed by atoms with Crippen LogP contribution >= 0.6 is 11.6 Å². The number of hydrogen-bond donors (Lipinski definition) is 0. The number of carbonyl (C=O) groups is 1. The second-order valence-corrected chi connectivity index (χ2v) is 8.29. The van der Waals surface area contributed by atoms with E-state index in [4.69, 9.17) is 21.4 Å². The quantitative estimate of drug-likeness (QED) is 0.431. The zero-order chi connectivity index (χ0) is 22.1. The average Bonchev–Trinajstić information content (AvgIpc) is 3.17. The SMILES string of the molecule is COCc1nn2c3c(nnc2c1-c1cccc(Cl)c1)C(=O)C[C@H](/C=C/c1ccccc1)C3. The Balaban J connectivity index is 1.60. The van der Waals surface area contributed by atoms with Crippen molar-refractivity contribution in [3.05, 3.63) is 88.3 Å². The van der Waals surface area contributed by atoms with Crippen LogP contribution in [0, 0.1) is 5.92 Å². The molecular formula is C25H21ClN4O2. The summed E-state index contributed by atoms with van der Waals surface area (Å²) in [4.78, 5) is 12.9. The van der Waals surface area contributed by atoms with Crippen LogP contribution in [0.15, 0.2) is 60.7 Å². The lowest BCUT2D eigenvalue weighted by atomic mass is 9.88. The van der Waals surface area contributed by atoms with Gasteiger partial charge in [-0.1, -0.05) is 66.2 Å². The van der Waals surface area contributed by atoms with Crippen LogP contribution in [0.4, 0.5) is 0 Å². The van der Waals surface area contributed by atoms with Gasteiger partial charge in [0.1, 0.15) is 0 Å². The second kappa shape index (κ2) is 8.65. The van der Waals surface area contributed by atoms with Crippen LogP contribution in [-0.4, -0.2) is 32.7 Å². The maximum absolute atomic E-state index is 12.9. The summed E-state index contributed by atoms with van der Waals surface area (Å²) in [6, 6.07) is 17.6. The molecule has 0 aliphatic heterocycles. The van der Waals surface area contributed by atoms with Gasteiger partial charge in [0.2, 0.25) is 0 Å². The van der Waals surface area contributed by atoms with Crippen molar-refractivity contribution >= 4 is 29.1 Å². The van der Waals surface area contributed by atoms with Gasteiger partial charge in [0, 0.05) is 18.6 Å². The fourth-order valence-corrected chi connectivity index (χ4v) is 4.36. The number of rotatable bonds is 5. The predicted molar refractivity (Wildman–Crippen MR) is 124 cm³/mol. The number of benzene rings is 2. The van der Waals surface area contributed by atoms with Crippen molar-refractivity contribution in [2.24, 2.45) is 5.92 Å². The summed E-state index contributed by atoms with van der Waals surface area (Å²) < 4.78 is 7.15. The minimum Gasteiger partial charge on any atom is -0.378 e. The Labute approximate surface area is 190 Å². The molecule has 0 radical (unpaired) electrons. The van der Waals surface area contributed by atoms with Crippen LogP contribution in [-0.2, 0) is 17.8 Å². The lowest BCUT2D eigenvalue weighted by Crippen LogP contribution is -2.24. The van der Waals surface area contributed by atoms with Gasteiger partial charge in [-0.3, -0.25) is 4.79 Å². The molecule has 1 aliphatic carbocycles. The number of aromatic nitrogens is 4. The predicted octanol–water partition coefficient (Wildman–Crippen LogP) is 5.05. The molecule has 0 saturated carbocycles. The Kier molecular flexibility index (Phi) is 5.55. The highest BCUT2D eigenvalue weighted by Gasteiger charge is 2.30. The van der Waals surface area contributed by atoms with Crippen LogP contribution in [0.3, 0.4) is 0 Å². The van der Waals surface area contributed by atoms with Gasteiger partial charge >= 0.3 is 0 Å². The molecule has 0 N–H and O–H groups in total. The molecule has 1 atom stereocenters. The normalized spacial score (nSPS) is 16.1. The van der Waals surface area contributed by atoms with Crippen LogP contribution in [0.5, 0.6) is 0 Å². The lowest BCUT2D eigenvalue weighted by Gasteiger charge is -2.20. The summed E-state index contributed by atoms with van der Waals surface area (Å²) in [5.74, 6) is 0.0451. The summed E-state index contributed by atoms with van der Waals surface area (Å²) in [6.07, 6.45) is 5.22. The summed E-state index contributed by atoms with van der Waals surface area (Å²) in [7, 11) is 1.63. The first-order valence-electron chi connectivity index (χ1n) is 10.4. The van der Waals surface area contributed by atoms with Crippen molar-refractivity contribution in [2.45, 2.75) is 19.4 Å². The third kappa shape index (κ3) is 3.83. The molecule has 32 heavy (non-hydrogen) atoms. The Morgan fingerprint density at radius 1 is 1.12 bits per heavy atom. The molecular weight excluding hydrogens is 424 g/mol. The van der Waals surface area contributed by atoms with Crippen molar-refractivity contribution in [3.63, 3.8) is 0 Å². The molecule has 0 unspecified atom stereocenters. The fraction of sp³-hybridized carbons (Fsp3) is 0.200. The molecule has 0 bridgehead atoms. The molecule has 1 aliphatic rings. The number of allylic oxidation sites excluding steroid dienone is 1. The Hall–Kier alpha value is -3.35. The van der Waals surface area contributed by atoms with Crippen molar-refractivity contribution in [2.75, 3.05) is 7.11 Å². The third-order valence-corrected chi connectivity index (χ3v) is 5.86. The van der Waals surface area contributed by atoms with Gasteiger partial charge in [0.15, 0.2) is 17.1 Å². The molecule has 0 fully saturated rings. The van der Waals surface area contributed by atoms with E-state index in [0.717, 1.165) is 28.1 Å². The average molecular weight is 445 g/mol. The van der Waals surface area contributed by atoms with E-state index in [1.54, 1.807) is 11.6 Å². The van der Waals surface area contributed by atoms with Crippen LogP contribution in [0.1, 0.15) is 33.9 Å². The first-order valence-corrected chi connectivity index (χ1v) is 10.8. The maximum Gasteiger partial charge on any atom is 0.185 e. The maximum atomic E-state index is 12.9. The van der Waals surface area contributed by atoms with E-state index in [2.05, 4.69) is 22.3 Å². The highest BCUT2D eigenvalue weighted by molar-refractivity contribution is 6.30. The topological polar surface area (TPSA) is 69.4 Å². The summed E-state index contributed by atoms with van der Waals surface area (Å²) in [6.45, 7) is 0.311. The smallest absolute Gasteiger partial charge is 0.185 e. The first kappa shape index (κ1) is 20.5. The minimum absolute atomic E-state index is 0.0172. The number of ketones is 1. The number of methoxy groups -OCH3 is 1. The molecule has 2 aromatic carbocycles. The van der Waals surface area contributed by atoms with Crippen LogP contribution < -0.4 is 0 Å². The molecule has 0 amide bonds. The summed E-state index contributed by atoms with van der Waals surface area (Å²) in [5, 5.41) is 14.1. The van der Waals surface area contributed by atoms with E-state index in [-0.39, 0.29) is 11.7 Å². The number of nitrogens with zero attached hydrogens (tertiary/aromatic N) is 4. The molecule has 6 nitrogen and oxygen atoms in total. The van der Waals surface area contributed by atoms with Crippen LogP contribution in [0.25, 0.3) is 22.9 Å². The van der Waals surface area contributed by atoms with E-state index in [9.17, 15) is 4.79 Å². The van der Waals surface area contributed by atoms with E-state index in [1.807, 2.05) is 54.6 Å². The highest BCUT2D eigenvalue weighted by Crippen LogP contribution is 2.33. The van der Waals surface area contributed by atoms with Gasteiger partial charge in [0.05, 0.1) is 23.6 Å². The van der Waals surface area contributed by atoms with Crippen molar-refractivity contribution in [1.29, 1.82) is 0 Å². The molecule has 5 rings (SSSR count). The van der Waals surface area contributed by atoms with E-state index in [0.29, 0.717) is 35.8 Å². The van der Waals surface area contributed by atoms with Gasteiger partial charge in [-0.2, -0.15) is 5.10 Å². The standard InChI is InChI=1S/C25H21ClN4O2/c1-32-15-20-23(18-8-5-9-19(26)14-18)25-28-27-24-21(30(25)29-20)12-17(13-22(24)31)11-10-16-6-3-2-4-7-16/h2-11,14,17H,12-13,15H2,1H3/b11-10+/t17-/m1/s1. The highest BCUT2D eigenvalue weighted by atomic mass is 35.5. The number of halogens is 1. The van der Waals surface area contributed by atoms with E-state index >= 15 is 0 Å². The number of carbonyl (C=O) groups excluding carboxylic acids is 1. The van der Waals surface area contributed by atoms with Gasteiger partial charge in [-0.15, -0.1) is 10.2 Å². The molecule has 7 heteroatoms. The van der Waals surface area contributed by atoms with Gasteiger partial charge in [0.25, 0.3) is 0 Å². The van der Waals surface area contributed by atoms with Crippen molar-refractivity contribution < 1.29 is 9.53 Å². The number of ether oxygens (including phenoxy) is 1. The molecule has 0 spiro atoms. The van der Waals surface area contributed by atoms with Gasteiger partial charge in [-0.05, 0) is 35.6 Å². The molecule has 0 saturated heterocycles. The molecule has 2 aromatic heterocycles. The van der Waals surface area contributed by atoms with E-state index < -0.39 is 0 Å². The molecule has 160 valence electrons. The Bertz CT molecular complexity index is 1330. The van der Waals surface area contributed by atoms with Crippen molar-refractivity contribution in [1.82, 2.24) is 19.8 Å². The van der Waals surface area contributed by atoms with Gasteiger partial charge < -0.3 is 4.74 Å². The molecule has 2 heterocycles. The minimum atomic E-state index is -0.0172. The van der Waals surface area contributed by atoms with Crippen molar-refractivity contribution in [3.8, 4) is 11.1 Å². The first-order chi connectivity index (χ1) is 15.6.